The van der Waals surface area contributed by atoms with E-state index in [4.69, 9.17) is 9.47 Å². The van der Waals surface area contributed by atoms with E-state index in [1.165, 1.54) is 31.3 Å². The first-order chi connectivity index (χ1) is 22.0. The summed E-state index contributed by atoms with van der Waals surface area (Å²) in [4.78, 5) is 21.1. The number of anilines is 1. The quantitative estimate of drug-likeness (QED) is 0.335. The molecule has 0 bridgehead atoms. The maximum atomic E-state index is 14.5. The second-order valence-electron chi connectivity index (χ2n) is 14.3. The highest BCUT2D eigenvalue weighted by Gasteiger charge is 2.53. The molecule has 5 aliphatic rings. The molecule has 1 aromatic carbocycles. The number of nitrogens with zero attached hydrogens (tertiary/aromatic N) is 8. The molecule has 3 saturated heterocycles. The van der Waals surface area contributed by atoms with Gasteiger partial charge in [-0.1, -0.05) is 13.8 Å². The Hall–Kier alpha value is -3.28. The van der Waals surface area contributed by atoms with Gasteiger partial charge < -0.3 is 14.4 Å². The second-order valence-corrected chi connectivity index (χ2v) is 14.3. The van der Waals surface area contributed by atoms with Crippen LogP contribution in [0.5, 0.6) is 11.6 Å². The van der Waals surface area contributed by atoms with Crippen molar-refractivity contribution in [1.29, 1.82) is 0 Å². The molecule has 2 aliphatic carbocycles. The molecule has 3 aromatic rings. The zero-order valence-corrected chi connectivity index (χ0v) is 26.3. The highest BCUT2D eigenvalue weighted by Crippen LogP contribution is 2.49. The van der Waals surface area contributed by atoms with E-state index < -0.39 is 0 Å². The number of rotatable bonds is 9. The molecule has 0 radical (unpaired) electrons. The summed E-state index contributed by atoms with van der Waals surface area (Å²) in [7, 11) is 0. The molecule has 0 unspecified atom stereocenters. The molecular weight excluding hydrogens is 571 g/mol. The van der Waals surface area contributed by atoms with E-state index in [0.29, 0.717) is 40.9 Å². The summed E-state index contributed by atoms with van der Waals surface area (Å²) >= 11 is 0. The molecule has 10 nitrogen and oxygen atoms in total. The number of hydrogen-bond acceptors (Lipinski definition) is 10. The molecular formula is C34H43FN8O2. The molecule has 45 heavy (non-hydrogen) atoms. The molecule has 1 spiro atoms. The summed E-state index contributed by atoms with van der Waals surface area (Å²) in [5.41, 5.74) is 2.61. The molecule has 3 aliphatic heterocycles. The van der Waals surface area contributed by atoms with E-state index in [-0.39, 0.29) is 11.2 Å². The lowest BCUT2D eigenvalue weighted by Crippen LogP contribution is -2.65. The van der Waals surface area contributed by atoms with Crippen LogP contribution in [0.15, 0.2) is 37.1 Å². The highest BCUT2D eigenvalue weighted by atomic mass is 19.1. The van der Waals surface area contributed by atoms with Gasteiger partial charge in [-0.25, -0.2) is 19.3 Å². The van der Waals surface area contributed by atoms with Crippen LogP contribution in [0.3, 0.4) is 0 Å². The molecule has 5 fully saturated rings. The van der Waals surface area contributed by atoms with Gasteiger partial charge in [0.25, 0.3) is 5.88 Å². The van der Waals surface area contributed by atoms with E-state index in [2.05, 4.69) is 53.7 Å². The van der Waals surface area contributed by atoms with Gasteiger partial charge in [-0.05, 0) is 62.1 Å². The predicted octanol–water partition coefficient (Wildman–Crippen LogP) is 4.78. The van der Waals surface area contributed by atoms with Gasteiger partial charge in [-0.15, -0.1) is 10.2 Å². The molecule has 2 saturated carbocycles. The number of morpholine rings is 1. The minimum Gasteiger partial charge on any atom is -0.434 e. The van der Waals surface area contributed by atoms with Crippen molar-refractivity contribution in [3.8, 4) is 22.8 Å². The zero-order valence-electron chi connectivity index (χ0n) is 26.3. The molecule has 238 valence electrons. The molecule has 5 heterocycles. The van der Waals surface area contributed by atoms with Crippen molar-refractivity contribution in [3.05, 3.63) is 48.6 Å². The monoisotopic (exact) mass is 614 g/mol. The largest absolute Gasteiger partial charge is 0.434 e. The predicted molar refractivity (Wildman–Crippen MR) is 168 cm³/mol. The second kappa shape index (κ2) is 11.8. The average molecular weight is 615 g/mol. The molecule has 0 amide bonds. The third-order valence-electron chi connectivity index (χ3n) is 10.8. The Morgan fingerprint density at radius 3 is 2.60 bits per heavy atom. The van der Waals surface area contributed by atoms with Gasteiger partial charge in [-0.2, -0.15) is 0 Å². The Kier molecular flexibility index (Phi) is 7.66. The van der Waals surface area contributed by atoms with Gasteiger partial charge in [0.1, 0.15) is 24.2 Å². The minimum atomic E-state index is -0.338. The fourth-order valence-corrected chi connectivity index (χ4v) is 8.49. The van der Waals surface area contributed by atoms with Crippen molar-refractivity contribution in [3.63, 3.8) is 0 Å². The SMILES string of the molecule is CC(C)[C@H](C1CC(N2CCOCC2)C1)N1CC2(CCN(c3ncnnc3Oc3ccc(F)cc3-c3cncnc3C3CC3)C2)C1. The Bertz CT molecular complexity index is 1520. The molecule has 2 aromatic heterocycles. The van der Waals surface area contributed by atoms with E-state index in [0.717, 1.165) is 95.0 Å². The Labute approximate surface area is 264 Å². The van der Waals surface area contributed by atoms with Crippen LogP contribution in [0.25, 0.3) is 11.1 Å². The van der Waals surface area contributed by atoms with Crippen LogP contribution < -0.4 is 9.64 Å². The van der Waals surface area contributed by atoms with Crippen molar-refractivity contribution in [2.75, 3.05) is 57.4 Å². The normalized spacial score (nSPS) is 25.7. The van der Waals surface area contributed by atoms with Gasteiger partial charge in [0.05, 0.1) is 18.9 Å². The van der Waals surface area contributed by atoms with Gasteiger partial charge in [0, 0.05) is 80.0 Å². The van der Waals surface area contributed by atoms with Gasteiger partial charge in [0.2, 0.25) is 0 Å². The van der Waals surface area contributed by atoms with Gasteiger partial charge in [0.15, 0.2) is 5.82 Å². The third kappa shape index (κ3) is 5.67. The van der Waals surface area contributed by atoms with Crippen molar-refractivity contribution in [2.24, 2.45) is 17.3 Å². The Morgan fingerprint density at radius 1 is 1.00 bits per heavy atom. The minimum absolute atomic E-state index is 0.254. The summed E-state index contributed by atoms with van der Waals surface area (Å²) in [6.07, 6.45) is 10.7. The lowest BCUT2D eigenvalue weighted by atomic mass is 9.68. The molecule has 1 atom stereocenters. The molecule has 11 heteroatoms. The maximum absolute atomic E-state index is 14.5. The van der Waals surface area contributed by atoms with Gasteiger partial charge >= 0.3 is 0 Å². The average Bonchev–Trinajstić information content (AvgIpc) is 3.77. The van der Waals surface area contributed by atoms with Crippen LogP contribution >= 0.6 is 0 Å². The van der Waals surface area contributed by atoms with Crippen molar-refractivity contribution < 1.29 is 13.9 Å². The van der Waals surface area contributed by atoms with E-state index >= 15 is 0 Å². The summed E-state index contributed by atoms with van der Waals surface area (Å²) in [5, 5.41) is 8.43. The number of aromatic nitrogens is 5. The maximum Gasteiger partial charge on any atom is 0.282 e. The molecule has 8 rings (SSSR count). The summed E-state index contributed by atoms with van der Waals surface area (Å²) < 4.78 is 26.5. The summed E-state index contributed by atoms with van der Waals surface area (Å²) in [6.45, 7) is 12.8. The van der Waals surface area contributed by atoms with Crippen molar-refractivity contribution in [2.45, 2.75) is 64.0 Å². The number of halogens is 1. The van der Waals surface area contributed by atoms with Crippen LogP contribution in [-0.2, 0) is 4.74 Å². The molecule has 0 N–H and O–H groups in total. The first kappa shape index (κ1) is 29.1. The highest BCUT2D eigenvalue weighted by molar-refractivity contribution is 5.73. The fraction of sp³-hybridized carbons (Fsp3) is 0.618. The lowest BCUT2D eigenvalue weighted by molar-refractivity contribution is -0.0890. The van der Waals surface area contributed by atoms with E-state index in [1.54, 1.807) is 18.6 Å². The number of likely N-dealkylation sites (tertiary alicyclic amines) is 1. The third-order valence-corrected chi connectivity index (χ3v) is 10.8. The number of benzene rings is 1. The summed E-state index contributed by atoms with van der Waals surface area (Å²) in [6, 6.07) is 5.93. The van der Waals surface area contributed by atoms with E-state index in [1.807, 2.05) is 0 Å². The van der Waals surface area contributed by atoms with Crippen LogP contribution in [0.1, 0.15) is 57.6 Å². The standard InChI is InChI=1S/C34H43FN8O2/c1-22(2)31(24-13-26(14-24)41-9-11-44-12-10-41)43-18-34(19-43)7-8-42(17-34)32-33(40-39-21-38-32)45-29-6-5-25(35)15-27(29)28-16-36-20-37-30(28)23-3-4-23/h5-6,15-16,20-24,26,31H,3-4,7-14,17-19H2,1-2H3/t24?,26?,31-/m1/s1. The Balaban J connectivity index is 0.955. The Morgan fingerprint density at radius 2 is 1.82 bits per heavy atom. The van der Waals surface area contributed by atoms with Crippen LogP contribution in [0.2, 0.25) is 0 Å². The lowest BCUT2D eigenvalue weighted by Gasteiger charge is -2.58. The topological polar surface area (TPSA) is 92.6 Å². The smallest absolute Gasteiger partial charge is 0.282 e. The van der Waals surface area contributed by atoms with Crippen LogP contribution in [-0.4, -0.2) is 99.5 Å². The van der Waals surface area contributed by atoms with Crippen molar-refractivity contribution in [1.82, 2.24) is 34.9 Å². The first-order valence-electron chi connectivity index (χ1n) is 16.7. The van der Waals surface area contributed by atoms with E-state index in [9.17, 15) is 4.39 Å². The number of ether oxygens (including phenoxy) is 2. The van der Waals surface area contributed by atoms with Crippen LogP contribution in [0.4, 0.5) is 10.2 Å². The zero-order chi connectivity index (χ0) is 30.5. The number of hydrogen-bond donors (Lipinski definition) is 0. The van der Waals surface area contributed by atoms with Gasteiger partial charge in [-0.3, -0.25) is 9.80 Å². The van der Waals surface area contributed by atoms with Crippen LogP contribution in [0, 0.1) is 23.1 Å². The summed E-state index contributed by atoms with van der Waals surface area (Å²) in [5.74, 6) is 2.98. The fourth-order valence-electron chi connectivity index (χ4n) is 8.49. The van der Waals surface area contributed by atoms with Crippen molar-refractivity contribution >= 4 is 5.82 Å². The first-order valence-corrected chi connectivity index (χ1v) is 16.7.